The highest BCUT2D eigenvalue weighted by atomic mass is 16.1. The van der Waals surface area contributed by atoms with Crippen LogP contribution in [0.3, 0.4) is 0 Å². The predicted molar refractivity (Wildman–Crippen MR) is 82.0 cm³/mol. The van der Waals surface area contributed by atoms with E-state index in [4.69, 9.17) is 5.73 Å². The number of carbonyl (C=O) groups is 1. The first-order valence-electron chi connectivity index (χ1n) is 6.72. The second kappa shape index (κ2) is 6.35. The van der Waals surface area contributed by atoms with E-state index in [2.05, 4.69) is 24.3 Å². The first kappa shape index (κ1) is 14.3. The summed E-state index contributed by atoms with van der Waals surface area (Å²) in [6, 6.07) is 18.2. The van der Waals surface area contributed by atoms with E-state index < -0.39 is 0 Å². The predicted octanol–water partition coefficient (Wildman–Crippen LogP) is 2.66. The Morgan fingerprint density at radius 2 is 1.70 bits per heavy atom. The van der Waals surface area contributed by atoms with Gasteiger partial charge in [-0.05, 0) is 30.7 Å². The molecule has 2 N–H and O–H groups in total. The summed E-state index contributed by atoms with van der Waals surface area (Å²) < 4.78 is 0. The molecule has 0 fully saturated rings. The van der Waals surface area contributed by atoms with Crippen molar-refractivity contribution < 1.29 is 4.79 Å². The largest absolute Gasteiger partial charge is 0.368 e. The SMILES string of the molecule is C[C@H](C(N)=O)N(C)Cc1ccccc1-c1ccccc1. The minimum absolute atomic E-state index is 0.279. The first-order valence-corrected chi connectivity index (χ1v) is 6.72. The van der Waals surface area contributed by atoms with Crippen LogP contribution in [0, 0.1) is 0 Å². The number of hydrogen-bond donors (Lipinski definition) is 1. The normalized spacial score (nSPS) is 12.3. The van der Waals surface area contributed by atoms with Crippen molar-refractivity contribution in [1.82, 2.24) is 4.90 Å². The maximum absolute atomic E-state index is 11.3. The topological polar surface area (TPSA) is 46.3 Å². The van der Waals surface area contributed by atoms with Crippen LogP contribution in [0.5, 0.6) is 0 Å². The Bertz CT molecular complexity index is 581. The Kier molecular flexibility index (Phi) is 4.53. The highest BCUT2D eigenvalue weighted by Crippen LogP contribution is 2.24. The standard InChI is InChI=1S/C17H20N2O/c1-13(17(18)20)19(2)12-15-10-6-7-11-16(15)14-8-4-3-5-9-14/h3-11,13H,12H2,1-2H3,(H2,18,20)/t13-/m1/s1. The van der Waals surface area contributed by atoms with Gasteiger partial charge in [-0.25, -0.2) is 0 Å². The number of benzene rings is 2. The molecule has 0 spiro atoms. The summed E-state index contributed by atoms with van der Waals surface area (Å²) >= 11 is 0. The molecule has 0 aromatic heterocycles. The van der Waals surface area contributed by atoms with Crippen molar-refractivity contribution in [3.05, 3.63) is 60.2 Å². The van der Waals surface area contributed by atoms with Gasteiger partial charge in [-0.15, -0.1) is 0 Å². The van der Waals surface area contributed by atoms with Gasteiger partial charge in [-0.3, -0.25) is 9.69 Å². The summed E-state index contributed by atoms with van der Waals surface area (Å²) in [6.07, 6.45) is 0. The average molecular weight is 268 g/mol. The van der Waals surface area contributed by atoms with E-state index in [0.29, 0.717) is 6.54 Å². The van der Waals surface area contributed by atoms with Crippen LogP contribution in [0.2, 0.25) is 0 Å². The number of carbonyl (C=O) groups excluding carboxylic acids is 1. The van der Waals surface area contributed by atoms with Crippen molar-refractivity contribution in [2.45, 2.75) is 19.5 Å². The molecule has 20 heavy (non-hydrogen) atoms. The molecule has 0 aliphatic carbocycles. The third-order valence-corrected chi connectivity index (χ3v) is 3.59. The van der Waals surface area contributed by atoms with Crippen LogP contribution in [0.15, 0.2) is 54.6 Å². The van der Waals surface area contributed by atoms with Crippen LogP contribution in [0.4, 0.5) is 0 Å². The number of hydrogen-bond acceptors (Lipinski definition) is 2. The van der Waals surface area contributed by atoms with Crippen molar-refractivity contribution in [1.29, 1.82) is 0 Å². The fraction of sp³-hybridized carbons (Fsp3) is 0.235. The number of rotatable bonds is 5. The van der Waals surface area contributed by atoms with E-state index >= 15 is 0 Å². The highest BCUT2D eigenvalue weighted by molar-refractivity contribution is 5.79. The molecule has 0 saturated heterocycles. The third kappa shape index (κ3) is 3.25. The summed E-state index contributed by atoms with van der Waals surface area (Å²) in [5.74, 6) is -0.301. The van der Waals surface area contributed by atoms with Gasteiger partial charge in [-0.1, -0.05) is 54.6 Å². The van der Waals surface area contributed by atoms with Gasteiger partial charge in [0.25, 0.3) is 0 Å². The quantitative estimate of drug-likeness (QED) is 0.906. The molecular formula is C17H20N2O. The lowest BCUT2D eigenvalue weighted by molar-refractivity contribution is -0.122. The van der Waals surface area contributed by atoms with E-state index in [-0.39, 0.29) is 11.9 Å². The van der Waals surface area contributed by atoms with Crippen LogP contribution >= 0.6 is 0 Å². The first-order chi connectivity index (χ1) is 9.59. The molecule has 3 heteroatoms. The molecule has 2 aromatic rings. The van der Waals surface area contributed by atoms with Crippen LogP contribution < -0.4 is 5.73 Å². The molecule has 0 bridgehead atoms. The molecule has 3 nitrogen and oxygen atoms in total. The fourth-order valence-electron chi connectivity index (χ4n) is 2.18. The van der Waals surface area contributed by atoms with Crippen molar-refractivity contribution in [2.24, 2.45) is 5.73 Å². The van der Waals surface area contributed by atoms with E-state index in [1.165, 1.54) is 16.7 Å². The van der Waals surface area contributed by atoms with Crippen LogP contribution in [-0.2, 0) is 11.3 Å². The zero-order chi connectivity index (χ0) is 14.5. The van der Waals surface area contributed by atoms with Gasteiger partial charge in [0.1, 0.15) is 0 Å². The molecule has 104 valence electrons. The van der Waals surface area contributed by atoms with E-state index in [0.717, 1.165) is 0 Å². The lowest BCUT2D eigenvalue weighted by Gasteiger charge is -2.23. The lowest BCUT2D eigenvalue weighted by atomic mass is 9.99. The summed E-state index contributed by atoms with van der Waals surface area (Å²) in [7, 11) is 1.91. The Balaban J connectivity index is 2.27. The summed E-state index contributed by atoms with van der Waals surface area (Å²) in [5, 5.41) is 0. The minimum Gasteiger partial charge on any atom is -0.368 e. The van der Waals surface area contributed by atoms with Crippen molar-refractivity contribution in [3.8, 4) is 11.1 Å². The van der Waals surface area contributed by atoms with Gasteiger partial charge in [0, 0.05) is 6.54 Å². The zero-order valence-electron chi connectivity index (χ0n) is 11.9. The van der Waals surface area contributed by atoms with Gasteiger partial charge in [0.15, 0.2) is 0 Å². The van der Waals surface area contributed by atoms with Crippen molar-refractivity contribution in [2.75, 3.05) is 7.05 Å². The number of nitrogens with zero attached hydrogens (tertiary/aromatic N) is 1. The summed E-state index contributed by atoms with van der Waals surface area (Å²) in [5.41, 5.74) is 8.92. The maximum Gasteiger partial charge on any atom is 0.234 e. The third-order valence-electron chi connectivity index (χ3n) is 3.59. The summed E-state index contributed by atoms with van der Waals surface area (Å²) in [6.45, 7) is 2.52. The van der Waals surface area contributed by atoms with Crippen molar-refractivity contribution in [3.63, 3.8) is 0 Å². The lowest BCUT2D eigenvalue weighted by Crippen LogP contribution is -2.39. The molecule has 0 radical (unpaired) electrons. The second-order valence-corrected chi connectivity index (χ2v) is 5.02. The maximum atomic E-state index is 11.3. The Morgan fingerprint density at radius 3 is 2.35 bits per heavy atom. The smallest absolute Gasteiger partial charge is 0.234 e. The number of nitrogens with two attached hydrogens (primary N) is 1. The van der Waals surface area contributed by atoms with Gasteiger partial charge in [0.05, 0.1) is 6.04 Å². The van der Waals surface area contributed by atoms with Crippen LogP contribution in [0.25, 0.3) is 11.1 Å². The highest BCUT2D eigenvalue weighted by Gasteiger charge is 2.16. The number of primary amides is 1. The van der Waals surface area contributed by atoms with Gasteiger partial charge < -0.3 is 5.73 Å². The Labute approximate surface area is 120 Å². The van der Waals surface area contributed by atoms with E-state index in [1.54, 1.807) is 0 Å². The van der Waals surface area contributed by atoms with E-state index in [9.17, 15) is 4.79 Å². The molecule has 0 aliphatic rings. The molecule has 0 heterocycles. The molecule has 0 aliphatic heterocycles. The average Bonchev–Trinajstić information content (AvgIpc) is 2.47. The molecule has 1 atom stereocenters. The fourth-order valence-corrected chi connectivity index (χ4v) is 2.18. The van der Waals surface area contributed by atoms with Gasteiger partial charge in [-0.2, -0.15) is 0 Å². The molecule has 2 aromatic carbocycles. The minimum atomic E-state index is -0.301. The number of likely N-dealkylation sites (N-methyl/N-ethyl adjacent to an activating group) is 1. The number of amides is 1. The van der Waals surface area contributed by atoms with Crippen LogP contribution in [-0.4, -0.2) is 23.9 Å². The Morgan fingerprint density at radius 1 is 1.10 bits per heavy atom. The van der Waals surface area contributed by atoms with Crippen molar-refractivity contribution >= 4 is 5.91 Å². The molecule has 2 rings (SSSR count). The molecule has 0 unspecified atom stereocenters. The monoisotopic (exact) mass is 268 g/mol. The van der Waals surface area contributed by atoms with E-state index in [1.807, 2.05) is 49.2 Å². The summed E-state index contributed by atoms with van der Waals surface area (Å²) in [4.78, 5) is 13.2. The molecular weight excluding hydrogens is 248 g/mol. The van der Waals surface area contributed by atoms with Crippen LogP contribution in [0.1, 0.15) is 12.5 Å². The second-order valence-electron chi connectivity index (χ2n) is 5.02. The van der Waals surface area contributed by atoms with Gasteiger partial charge >= 0.3 is 0 Å². The molecule has 0 saturated carbocycles. The Hall–Kier alpha value is -2.13. The van der Waals surface area contributed by atoms with Gasteiger partial charge in [0.2, 0.25) is 5.91 Å². The zero-order valence-corrected chi connectivity index (χ0v) is 11.9. The molecule has 1 amide bonds.